The number of guanidine groups is 1. The lowest BCUT2D eigenvalue weighted by atomic mass is 10.1. The molecule has 1 aliphatic rings. The average molecular weight is 523 g/mol. The summed E-state index contributed by atoms with van der Waals surface area (Å²) < 4.78 is 26.0. The largest absolute Gasteiger partial charge is 0.357 e. The first-order chi connectivity index (χ1) is 12.9. The summed E-state index contributed by atoms with van der Waals surface area (Å²) in [5.41, 5.74) is 2.19. The number of rotatable bonds is 8. The monoisotopic (exact) mass is 523 g/mol. The number of aryl methyl sites for hydroxylation is 1. The lowest BCUT2D eigenvalue weighted by molar-refractivity contribution is 0.306. The van der Waals surface area contributed by atoms with Gasteiger partial charge in [0.25, 0.3) is 0 Å². The van der Waals surface area contributed by atoms with Crippen molar-refractivity contribution in [3.05, 3.63) is 29.6 Å². The molecular weight excluding hydrogens is 489 g/mol. The highest BCUT2D eigenvalue weighted by Crippen LogP contribution is 2.15. The number of nitrogens with one attached hydrogen (secondary N) is 2. The Morgan fingerprint density at radius 3 is 2.57 bits per heavy atom. The second-order valence-electron chi connectivity index (χ2n) is 6.95. The molecule has 1 fully saturated rings. The van der Waals surface area contributed by atoms with Crippen LogP contribution in [0.3, 0.4) is 0 Å². The van der Waals surface area contributed by atoms with E-state index in [-0.39, 0.29) is 35.8 Å². The Labute approximate surface area is 186 Å². The summed E-state index contributed by atoms with van der Waals surface area (Å²) in [6.45, 7) is 8.56. The molecule has 2 N–H and O–H groups in total. The van der Waals surface area contributed by atoms with Crippen LogP contribution in [-0.2, 0) is 16.4 Å². The molecule has 28 heavy (non-hydrogen) atoms. The number of halogens is 1. The van der Waals surface area contributed by atoms with Crippen LogP contribution in [-0.4, -0.2) is 61.6 Å². The van der Waals surface area contributed by atoms with Gasteiger partial charge in [0, 0.05) is 44.1 Å². The zero-order valence-corrected chi connectivity index (χ0v) is 20.3. The molecule has 0 amide bonds. The summed E-state index contributed by atoms with van der Waals surface area (Å²) in [7, 11) is -3.09. The zero-order valence-electron chi connectivity index (χ0n) is 17.1. The number of hydrogen-bond donors (Lipinski definition) is 2. The van der Waals surface area contributed by atoms with Gasteiger partial charge in [0.05, 0.1) is 5.75 Å². The number of pyridine rings is 1. The maximum Gasteiger partial charge on any atom is 0.214 e. The highest BCUT2D eigenvalue weighted by molar-refractivity contribution is 14.0. The molecule has 1 aromatic rings. The lowest BCUT2D eigenvalue weighted by Gasteiger charge is -2.32. The molecule has 1 aliphatic heterocycles. The molecule has 0 aromatic carbocycles. The van der Waals surface area contributed by atoms with Gasteiger partial charge in [0.1, 0.15) is 0 Å². The molecule has 0 aliphatic carbocycles. The Balaban J connectivity index is 0.00000392. The van der Waals surface area contributed by atoms with Crippen molar-refractivity contribution in [3.63, 3.8) is 0 Å². The Bertz CT molecular complexity index is 702. The predicted octanol–water partition coefficient (Wildman–Crippen LogP) is 2.31. The topological polar surface area (TPSA) is 86.7 Å². The minimum absolute atomic E-state index is 0. The van der Waals surface area contributed by atoms with Crippen molar-refractivity contribution in [2.24, 2.45) is 4.99 Å². The molecule has 0 radical (unpaired) electrons. The molecule has 160 valence electrons. The molecule has 0 bridgehead atoms. The fourth-order valence-corrected chi connectivity index (χ4v) is 4.66. The summed E-state index contributed by atoms with van der Waals surface area (Å²) >= 11 is 0. The van der Waals surface area contributed by atoms with Crippen molar-refractivity contribution in [3.8, 4) is 0 Å². The molecular formula is C19H34IN5O2S. The molecule has 1 saturated heterocycles. The number of piperidine rings is 1. The second-order valence-corrected chi connectivity index (χ2v) is 9.04. The van der Waals surface area contributed by atoms with Crippen molar-refractivity contribution in [1.29, 1.82) is 0 Å². The number of hydrogen-bond acceptors (Lipinski definition) is 4. The van der Waals surface area contributed by atoms with Gasteiger partial charge in [-0.2, -0.15) is 0 Å². The summed E-state index contributed by atoms with van der Waals surface area (Å²) in [6.07, 6.45) is 5.01. The minimum atomic E-state index is -3.09. The highest BCUT2D eigenvalue weighted by atomic mass is 127. The molecule has 0 spiro atoms. The number of aliphatic imine (C=N–C) groups is 1. The van der Waals surface area contributed by atoms with E-state index < -0.39 is 10.0 Å². The van der Waals surface area contributed by atoms with Gasteiger partial charge >= 0.3 is 0 Å². The van der Waals surface area contributed by atoms with Crippen LogP contribution in [0, 0.1) is 6.92 Å². The van der Waals surface area contributed by atoms with Crippen LogP contribution in [0.2, 0.25) is 0 Å². The Morgan fingerprint density at radius 2 is 2.00 bits per heavy atom. The molecule has 9 heteroatoms. The van der Waals surface area contributed by atoms with E-state index in [4.69, 9.17) is 0 Å². The van der Waals surface area contributed by atoms with E-state index in [0.29, 0.717) is 26.1 Å². The van der Waals surface area contributed by atoms with Crippen molar-refractivity contribution in [2.45, 2.75) is 52.5 Å². The zero-order chi connectivity index (χ0) is 19.7. The summed E-state index contributed by atoms with van der Waals surface area (Å²) in [5.74, 6) is 1.04. The Morgan fingerprint density at radius 1 is 1.29 bits per heavy atom. The van der Waals surface area contributed by atoms with Crippen LogP contribution in [0.25, 0.3) is 0 Å². The molecule has 0 saturated carbocycles. The smallest absolute Gasteiger partial charge is 0.214 e. The normalized spacial score (nSPS) is 16.5. The predicted molar refractivity (Wildman–Crippen MR) is 126 cm³/mol. The second kappa shape index (κ2) is 12.6. The van der Waals surface area contributed by atoms with E-state index in [1.165, 1.54) is 5.56 Å². The van der Waals surface area contributed by atoms with E-state index >= 15 is 0 Å². The van der Waals surface area contributed by atoms with Crippen LogP contribution in [0.4, 0.5) is 0 Å². The van der Waals surface area contributed by atoms with E-state index in [1.807, 2.05) is 33.0 Å². The highest BCUT2D eigenvalue weighted by Gasteiger charge is 2.27. The lowest BCUT2D eigenvalue weighted by Crippen LogP contribution is -2.50. The van der Waals surface area contributed by atoms with Crippen LogP contribution >= 0.6 is 24.0 Å². The first-order valence-electron chi connectivity index (χ1n) is 9.88. The van der Waals surface area contributed by atoms with Gasteiger partial charge in [0.15, 0.2) is 5.96 Å². The summed E-state index contributed by atoms with van der Waals surface area (Å²) in [6, 6.07) is 4.35. The van der Waals surface area contributed by atoms with E-state index in [1.54, 1.807) is 4.31 Å². The summed E-state index contributed by atoms with van der Waals surface area (Å²) in [4.78, 5) is 8.97. The van der Waals surface area contributed by atoms with Gasteiger partial charge in [-0.05, 0) is 51.2 Å². The minimum Gasteiger partial charge on any atom is -0.357 e. The third kappa shape index (κ3) is 8.20. The van der Waals surface area contributed by atoms with E-state index in [0.717, 1.165) is 37.5 Å². The van der Waals surface area contributed by atoms with Crippen LogP contribution in [0.1, 0.15) is 44.4 Å². The van der Waals surface area contributed by atoms with E-state index in [9.17, 15) is 8.42 Å². The quantitative estimate of drug-likeness (QED) is 0.310. The molecule has 2 rings (SSSR count). The molecule has 0 unspecified atom stereocenters. The fourth-order valence-electron chi connectivity index (χ4n) is 3.12. The van der Waals surface area contributed by atoms with Gasteiger partial charge in [-0.1, -0.05) is 13.0 Å². The molecule has 0 atom stereocenters. The SMILES string of the molecule is CCCS(=O)(=O)N1CCC(NC(=NCCc2ccc(C)nc2)NCC)CC1.I. The van der Waals surface area contributed by atoms with Gasteiger partial charge in [-0.15, -0.1) is 24.0 Å². The standard InChI is InChI=1S/C19H33N5O2S.HI/c1-4-14-27(25,26)24-12-9-18(10-13-24)23-19(20-5-2)21-11-8-17-7-6-16(3)22-15-17;/h6-7,15,18H,4-5,8-14H2,1-3H3,(H2,20,21,23);1H. The number of sulfonamides is 1. The summed E-state index contributed by atoms with van der Waals surface area (Å²) in [5, 5.41) is 6.74. The number of aromatic nitrogens is 1. The number of nitrogens with zero attached hydrogens (tertiary/aromatic N) is 3. The van der Waals surface area contributed by atoms with Crippen LogP contribution in [0.5, 0.6) is 0 Å². The third-order valence-corrected chi connectivity index (χ3v) is 6.71. The maximum absolute atomic E-state index is 12.2. The van der Waals surface area contributed by atoms with Gasteiger partial charge in [-0.25, -0.2) is 12.7 Å². The Hall–Kier alpha value is -0.940. The average Bonchev–Trinajstić information content (AvgIpc) is 2.64. The molecule has 7 nitrogen and oxygen atoms in total. The molecule has 1 aromatic heterocycles. The van der Waals surface area contributed by atoms with Gasteiger partial charge < -0.3 is 10.6 Å². The third-order valence-electron chi connectivity index (χ3n) is 4.64. The first-order valence-corrected chi connectivity index (χ1v) is 11.5. The fraction of sp³-hybridized carbons (Fsp3) is 0.684. The van der Waals surface area contributed by atoms with E-state index in [2.05, 4.69) is 26.7 Å². The van der Waals surface area contributed by atoms with Gasteiger partial charge in [-0.3, -0.25) is 9.98 Å². The first kappa shape index (κ1) is 25.1. The van der Waals surface area contributed by atoms with Crippen LogP contribution in [0.15, 0.2) is 23.3 Å². The van der Waals surface area contributed by atoms with Crippen LogP contribution < -0.4 is 10.6 Å². The van der Waals surface area contributed by atoms with Gasteiger partial charge in [0.2, 0.25) is 10.0 Å². The maximum atomic E-state index is 12.2. The van der Waals surface area contributed by atoms with Crippen molar-refractivity contribution in [2.75, 3.05) is 31.9 Å². The van der Waals surface area contributed by atoms with Crippen molar-refractivity contribution in [1.82, 2.24) is 19.9 Å². The Kier molecular flexibility index (Phi) is 11.3. The van der Waals surface area contributed by atoms with Crippen molar-refractivity contribution >= 4 is 40.0 Å². The van der Waals surface area contributed by atoms with Crippen molar-refractivity contribution < 1.29 is 8.42 Å². The molecule has 2 heterocycles.